The lowest BCUT2D eigenvalue weighted by Gasteiger charge is -2.12. The van der Waals surface area contributed by atoms with E-state index in [9.17, 15) is 9.90 Å². The van der Waals surface area contributed by atoms with Crippen molar-refractivity contribution in [2.45, 2.75) is 12.2 Å². The average Bonchev–Trinajstić information content (AvgIpc) is 2.53. The monoisotopic (exact) mass is 170 g/mol. The van der Waals surface area contributed by atoms with Crippen LogP contribution in [0.2, 0.25) is 0 Å². The van der Waals surface area contributed by atoms with E-state index < -0.39 is 18.1 Å². The number of rotatable bonds is 3. The number of primary amides is 1. The molecule has 0 fully saturated rings. The van der Waals surface area contributed by atoms with E-state index in [1.165, 1.54) is 0 Å². The molecule has 0 saturated heterocycles. The number of H-pyrrole nitrogens is 1. The van der Waals surface area contributed by atoms with Crippen molar-refractivity contribution in [3.8, 4) is 0 Å². The number of aliphatic hydroxyl groups excluding tert-OH is 2. The molecular weight excluding hydrogens is 160 g/mol. The number of nitrogens with one attached hydrogen (secondary N) is 1. The van der Waals surface area contributed by atoms with E-state index in [0.29, 0.717) is 5.69 Å². The van der Waals surface area contributed by atoms with E-state index in [1.807, 2.05) is 0 Å². The summed E-state index contributed by atoms with van der Waals surface area (Å²) in [4.78, 5) is 13.1. The van der Waals surface area contributed by atoms with E-state index >= 15 is 0 Å². The molecule has 2 atom stereocenters. The number of aromatic amines is 1. The molecule has 0 aliphatic carbocycles. The van der Waals surface area contributed by atoms with Gasteiger partial charge in [0.15, 0.2) is 6.10 Å². The highest BCUT2D eigenvalue weighted by Crippen LogP contribution is 2.13. The lowest BCUT2D eigenvalue weighted by molar-refractivity contribution is -0.132. The second kappa shape index (κ2) is 3.38. The van der Waals surface area contributed by atoms with Crippen LogP contribution in [-0.2, 0) is 4.79 Å². The van der Waals surface area contributed by atoms with Gasteiger partial charge in [0.05, 0.1) is 0 Å². The third-order valence-corrected chi connectivity index (χ3v) is 1.53. The fourth-order valence-electron chi connectivity index (χ4n) is 0.854. The number of aliphatic hydroxyl groups is 2. The van der Waals surface area contributed by atoms with E-state index in [1.54, 1.807) is 18.3 Å². The largest absolute Gasteiger partial charge is 0.384 e. The number of amides is 1. The van der Waals surface area contributed by atoms with Gasteiger partial charge in [-0.3, -0.25) is 4.79 Å². The Morgan fingerprint density at radius 3 is 2.67 bits per heavy atom. The van der Waals surface area contributed by atoms with Gasteiger partial charge < -0.3 is 20.9 Å². The van der Waals surface area contributed by atoms with Crippen LogP contribution < -0.4 is 5.73 Å². The number of nitrogens with two attached hydrogens (primary N) is 1. The highest BCUT2D eigenvalue weighted by Gasteiger charge is 2.23. The van der Waals surface area contributed by atoms with Crippen molar-refractivity contribution in [2.75, 3.05) is 0 Å². The number of carbonyl (C=O) groups excluding carboxylic acids is 1. The van der Waals surface area contributed by atoms with Crippen molar-refractivity contribution in [3.63, 3.8) is 0 Å². The molecule has 1 aromatic rings. The van der Waals surface area contributed by atoms with Gasteiger partial charge in [-0.2, -0.15) is 0 Å². The molecule has 1 aromatic heterocycles. The summed E-state index contributed by atoms with van der Waals surface area (Å²) in [5.41, 5.74) is 5.14. The van der Waals surface area contributed by atoms with Gasteiger partial charge in [0.2, 0.25) is 5.91 Å². The van der Waals surface area contributed by atoms with Crippen LogP contribution >= 0.6 is 0 Å². The van der Waals surface area contributed by atoms with E-state index in [0.717, 1.165) is 0 Å². The van der Waals surface area contributed by atoms with Gasteiger partial charge in [-0.25, -0.2) is 0 Å². The van der Waals surface area contributed by atoms with Crippen LogP contribution in [0, 0.1) is 0 Å². The first kappa shape index (κ1) is 8.76. The SMILES string of the molecule is NC(=O)C(O)C(O)c1ccc[nH]1. The van der Waals surface area contributed by atoms with Crippen molar-refractivity contribution < 1.29 is 15.0 Å². The summed E-state index contributed by atoms with van der Waals surface area (Å²) in [6.45, 7) is 0. The number of hydrogen-bond acceptors (Lipinski definition) is 3. The summed E-state index contributed by atoms with van der Waals surface area (Å²) in [5.74, 6) is -0.947. The summed E-state index contributed by atoms with van der Waals surface area (Å²) in [5, 5.41) is 18.3. The Morgan fingerprint density at radius 2 is 2.25 bits per heavy atom. The standard InChI is InChI=1S/C7H10N2O3/c8-7(12)6(11)5(10)4-2-1-3-9-4/h1-3,5-6,9-11H,(H2,8,12). The Morgan fingerprint density at radius 1 is 1.58 bits per heavy atom. The molecule has 0 spiro atoms. The molecule has 0 bridgehead atoms. The van der Waals surface area contributed by atoms with Gasteiger partial charge in [0.1, 0.15) is 6.10 Å². The van der Waals surface area contributed by atoms with Gasteiger partial charge in [-0.15, -0.1) is 0 Å². The van der Waals surface area contributed by atoms with Gasteiger partial charge in [-0.05, 0) is 12.1 Å². The topological polar surface area (TPSA) is 99.3 Å². The molecule has 0 aliphatic rings. The third kappa shape index (κ3) is 1.63. The van der Waals surface area contributed by atoms with Crippen LogP contribution in [-0.4, -0.2) is 27.2 Å². The first-order valence-electron chi connectivity index (χ1n) is 3.41. The van der Waals surface area contributed by atoms with Crippen molar-refractivity contribution in [3.05, 3.63) is 24.0 Å². The predicted octanol–water partition coefficient (Wildman–Crippen LogP) is -1.11. The van der Waals surface area contributed by atoms with Crippen LogP contribution in [0.5, 0.6) is 0 Å². The molecule has 0 aliphatic heterocycles. The summed E-state index contributed by atoms with van der Waals surface area (Å²) >= 11 is 0. The Hall–Kier alpha value is -1.33. The highest BCUT2D eigenvalue weighted by molar-refractivity contribution is 5.79. The van der Waals surface area contributed by atoms with Gasteiger partial charge in [0.25, 0.3) is 0 Å². The van der Waals surface area contributed by atoms with Crippen molar-refractivity contribution in [1.29, 1.82) is 0 Å². The third-order valence-electron chi connectivity index (χ3n) is 1.53. The fourth-order valence-corrected chi connectivity index (χ4v) is 0.854. The molecule has 66 valence electrons. The Labute approximate surface area is 68.8 Å². The maximum absolute atomic E-state index is 10.4. The van der Waals surface area contributed by atoms with Crippen molar-refractivity contribution in [1.82, 2.24) is 4.98 Å². The lowest BCUT2D eigenvalue weighted by atomic mass is 10.1. The smallest absolute Gasteiger partial charge is 0.249 e. The normalized spacial score (nSPS) is 15.5. The Kier molecular flexibility index (Phi) is 2.47. The zero-order valence-corrected chi connectivity index (χ0v) is 6.27. The Balaban J connectivity index is 2.71. The van der Waals surface area contributed by atoms with Crippen LogP contribution in [0.3, 0.4) is 0 Å². The number of carbonyl (C=O) groups is 1. The molecular formula is C7H10N2O3. The Bertz CT molecular complexity index is 258. The number of hydrogen-bond donors (Lipinski definition) is 4. The van der Waals surface area contributed by atoms with Gasteiger partial charge in [-0.1, -0.05) is 0 Å². The highest BCUT2D eigenvalue weighted by atomic mass is 16.3. The molecule has 1 rings (SSSR count). The van der Waals surface area contributed by atoms with Gasteiger partial charge >= 0.3 is 0 Å². The molecule has 1 heterocycles. The van der Waals surface area contributed by atoms with Crippen LogP contribution in [0.25, 0.3) is 0 Å². The maximum Gasteiger partial charge on any atom is 0.249 e. The molecule has 5 N–H and O–H groups in total. The zero-order chi connectivity index (χ0) is 9.14. The summed E-state index contributed by atoms with van der Waals surface area (Å²) in [7, 11) is 0. The maximum atomic E-state index is 10.4. The molecule has 5 heteroatoms. The van der Waals surface area contributed by atoms with Gasteiger partial charge in [0, 0.05) is 11.9 Å². The second-order valence-corrected chi connectivity index (χ2v) is 2.42. The summed E-state index contributed by atoms with van der Waals surface area (Å²) in [6, 6.07) is 3.20. The van der Waals surface area contributed by atoms with Crippen LogP contribution in [0.4, 0.5) is 0 Å². The first-order valence-corrected chi connectivity index (χ1v) is 3.41. The molecule has 0 aromatic carbocycles. The molecule has 0 saturated carbocycles. The fraction of sp³-hybridized carbons (Fsp3) is 0.286. The lowest BCUT2D eigenvalue weighted by Crippen LogP contribution is -2.33. The van der Waals surface area contributed by atoms with Crippen LogP contribution in [0.1, 0.15) is 11.8 Å². The quantitative estimate of drug-likeness (QED) is 0.463. The van der Waals surface area contributed by atoms with Crippen LogP contribution in [0.15, 0.2) is 18.3 Å². The minimum Gasteiger partial charge on any atom is -0.384 e. The molecule has 1 amide bonds. The zero-order valence-electron chi connectivity index (χ0n) is 6.27. The second-order valence-electron chi connectivity index (χ2n) is 2.42. The summed E-state index contributed by atoms with van der Waals surface area (Å²) < 4.78 is 0. The van der Waals surface area contributed by atoms with Crippen molar-refractivity contribution in [2.24, 2.45) is 5.73 Å². The minimum atomic E-state index is -1.57. The summed E-state index contributed by atoms with van der Waals surface area (Å²) in [6.07, 6.45) is -1.27. The average molecular weight is 170 g/mol. The number of aromatic nitrogens is 1. The minimum absolute atomic E-state index is 0.362. The van der Waals surface area contributed by atoms with E-state index in [4.69, 9.17) is 10.8 Å². The molecule has 2 unspecified atom stereocenters. The predicted molar refractivity (Wildman–Crippen MR) is 41.0 cm³/mol. The van der Waals surface area contributed by atoms with E-state index in [-0.39, 0.29) is 0 Å². The molecule has 5 nitrogen and oxygen atoms in total. The van der Waals surface area contributed by atoms with E-state index in [2.05, 4.69) is 4.98 Å². The van der Waals surface area contributed by atoms with Crippen molar-refractivity contribution >= 4 is 5.91 Å². The molecule has 0 radical (unpaired) electrons. The first-order chi connectivity index (χ1) is 5.63. The molecule has 12 heavy (non-hydrogen) atoms.